The van der Waals surface area contributed by atoms with E-state index < -0.39 is 0 Å². The average Bonchev–Trinajstić information content (AvgIpc) is 2.98. The lowest BCUT2D eigenvalue weighted by molar-refractivity contribution is 0.420. The number of thioether (sulfide) groups is 1. The van der Waals surface area contributed by atoms with E-state index in [1.54, 1.807) is 0 Å². The second-order valence-electron chi connectivity index (χ2n) is 7.30. The zero-order valence-electron chi connectivity index (χ0n) is 14.2. The number of para-hydroxylation sites is 1. The molecular formula is C19H28N2S3. The van der Waals surface area contributed by atoms with Gasteiger partial charge < -0.3 is 4.90 Å². The highest BCUT2D eigenvalue weighted by atomic mass is 32.2. The fourth-order valence-electron chi connectivity index (χ4n) is 4.30. The van der Waals surface area contributed by atoms with Crippen molar-refractivity contribution >= 4 is 42.0 Å². The molecule has 1 aromatic rings. The molecule has 0 spiro atoms. The first-order valence-corrected chi connectivity index (χ1v) is 11.7. The molecule has 24 heavy (non-hydrogen) atoms. The molecule has 2 fully saturated rings. The Balaban J connectivity index is 1.52. The van der Waals surface area contributed by atoms with Crippen molar-refractivity contribution in [3.63, 3.8) is 0 Å². The van der Waals surface area contributed by atoms with Crippen LogP contribution in [0.5, 0.6) is 0 Å². The maximum atomic E-state index is 4.92. The van der Waals surface area contributed by atoms with Crippen molar-refractivity contribution < 1.29 is 0 Å². The number of hydrogen-bond acceptors (Lipinski definition) is 5. The standard InChI is InChI=1S/C19H28N2S3/c22-19-21(15-10-5-2-6-11-15)18-16(23-19)12-7-13-17(18)24-20-14-8-3-1-4-9-14/h7,12-15,19-20,22H,1-6,8-11H2. The Morgan fingerprint density at radius 1 is 1.00 bits per heavy atom. The summed E-state index contributed by atoms with van der Waals surface area (Å²) in [5, 5.41) is 0. The predicted octanol–water partition coefficient (Wildman–Crippen LogP) is 6.07. The lowest BCUT2D eigenvalue weighted by Gasteiger charge is -2.36. The van der Waals surface area contributed by atoms with Crippen LogP contribution in [-0.2, 0) is 0 Å². The molecule has 2 saturated carbocycles. The van der Waals surface area contributed by atoms with Gasteiger partial charge in [-0.2, -0.15) is 0 Å². The molecule has 0 bridgehead atoms. The van der Waals surface area contributed by atoms with Crippen LogP contribution < -0.4 is 9.62 Å². The third kappa shape index (κ3) is 3.74. The summed E-state index contributed by atoms with van der Waals surface area (Å²) in [6.45, 7) is 0. The second kappa shape index (κ2) is 8.15. The van der Waals surface area contributed by atoms with Crippen LogP contribution in [0.3, 0.4) is 0 Å². The SMILES string of the molecule is SC1Sc2cccc(SNC3CCCCC3)c2N1C1CCCCC1. The van der Waals surface area contributed by atoms with E-state index in [1.807, 2.05) is 23.7 Å². The normalized spacial score (nSPS) is 25.9. The Bertz CT molecular complexity index is 554. The van der Waals surface area contributed by atoms with Gasteiger partial charge in [-0.05, 0) is 49.8 Å². The van der Waals surface area contributed by atoms with E-state index in [2.05, 4.69) is 27.8 Å². The molecule has 0 amide bonds. The van der Waals surface area contributed by atoms with Crippen molar-refractivity contribution in [2.75, 3.05) is 4.90 Å². The Morgan fingerprint density at radius 3 is 2.46 bits per heavy atom. The van der Waals surface area contributed by atoms with Crippen molar-refractivity contribution in [3.05, 3.63) is 18.2 Å². The van der Waals surface area contributed by atoms with E-state index in [0.29, 0.717) is 12.1 Å². The lowest BCUT2D eigenvalue weighted by Crippen LogP contribution is -2.38. The molecule has 3 aliphatic rings. The van der Waals surface area contributed by atoms with E-state index in [1.165, 1.54) is 79.7 Å². The van der Waals surface area contributed by atoms with Crippen molar-refractivity contribution in [1.29, 1.82) is 0 Å². The number of anilines is 1. The van der Waals surface area contributed by atoms with Gasteiger partial charge in [-0.3, -0.25) is 4.72 Å². The van der Waals surface area contributed by atoms with Gasteiger partial charge in [0.25, 0.3) is 0 Å². The molecule has 0 aromatic heterocycles. The Kier molecular flexibility index (Phi) is 5.92. The van der Waals surface area contributed by atoms with Crippen LogP contribution in [0, 0.1) is 0 Å². The van der Waals surface area contributed by atoms with Crippen molar-refractivity contribution in [1.82, 2.24) is 4.72 Å². The monoisotopic (exact) mass is 380 g/mol. The summed E-state index contributed by atoms with van der Waals surface area (Å²) in [6, 6.07) is 8.13. The van der Waals surface area contributed by atoms with E-state index in [0.717, 1.165) is 0 Å². The van der Waals surface area contributed by atoms with Crippen molar-refractivity contribution in [3.8, 4) is 0 Å². The zero-order chi connectivity index (χ0) is 16.4. The van der Waals surface area contributed by atoms with E-state index in [4.69, 9.17) is 12.6 Å². The van der Waals surface area contributed by atoms with Crippen molar-refractivity contribution in [2.24, 2.45) is 0 Å². The summed E-state index contributed by atoms with van der Waals surface area (Å²) in [5.74, 6) is 0. The number of nitrogens with zero attached hydrogens (tertiary/aromatic N) is 1. The minimum absolute atomic E-state index is 0.277. The minimum atomic E-state index is 0.277. The van der Waals surface area contributed by atoms with E-state index >= 15 is 0 Å². The van der Waals surface area contributed by atoms with Gasteiger partial charge >= 0.3 is 0 Å². The first kappa shape index (κ1) is 17.4. The van der Waals surface area contributed by atoms with Crippen LogP contribution in [0.4, 0.5) is 5.69 Å². The summed E-state index contributed by atoms with van der Waals surface area (Å²) < 4.78 is 4.04. The van der Waals surface area contributed by atoms with Crippen LogP contribution in [-0.4, -0.2) is 16.8 Å². The van der Waals surface area contributed by atoms with E-state index in [9.17, 15) is 0 Å². The molecule has 1 aromatic carbocycles. The maximum absolute atomic E-state index is 4.92. The highest BCUT2D eigenvalue weighted by Gasteiger charge is 2.35. The summed E-state index contributed by atoms with van der Waals surface area (Å²) >= 11 is 8.70. The van der Waals surface area contributed by atoms with E-state index in [-0.39, 0.29) is 4.71 Å². The zero-order valence-corrected chi connectivity index (χ0v) is 16.8. The molecule has 2 nitrogen and oxygen atoms in total. The fraction of sp³-hybridized carbons (Fsp3) is 0.684. The van der Waals surface area contributed by atoms with Gasteiger partial charge in [0.05, 0.1) is 5.69 Å². The molecule has 1 heterocycles. The Hall–Kier alpha value is 0.0300. The van der Waals surface area contributed by atoms with Gasteiger partial charge in [-0.25, -0.2) is 0 Å². The number of hydrogen-bond donors (Lipinski definition) is 2. The topological polar surface area (TPSA) is 15.3 Å². The van der Waals surface area contributed by atoms with Crippen LogP contribution in [0.25, 0.3) is 0 Å². The highest BCUT2D eigenvalue weighted by molar-refractivity contribution is 8.11. The average molecular weight is 381 g/mol. The predicted molar refractivity (Wildman–Crippen MR) is 110 cm³/mol. The minimum Gasteiger partial charge on any atom is -0.346 e. The third-order valence-electron chi connectivity index (χ3n) is 5.60. The summed E-state index contributed by atoms with van der Waals surface area (Å²) in [5.41, 5.74) is 1.45. The number of nitrogens with one attached hydrogen (secondary N) is 1. The number of benzene rings is 1. The molecule has 1 N–H and O–H groups in total. The highest BCUT2D eigenvalue weighted by Crippen LogP contribution is 2.51. The Labute approximate surface area is 160 Å². The quantitative estimate of drug-likeness (QED) is 0.486. The second-order valence-corrected chi connectivity index (χ2v) is 10.1. The van der Waals surface area contributed by atoms with Gasteiger partial charge in [-0.1, -0.05) is 56.4 Å². The number of thiol groups is 1. The van der Waals surface area contributed by atoms with Crippen LogP contribution >= 0.6 is 36.3 Å². The molecule has 5 heteroatoms. The fourth-order valence-corrected chi connectivity index (χ4v) is 7.10. The first-order chi connectivity index (χ1) is 11.8. The molecule has 0 saturated heterocycles. The summed E-state index contributed by atoms with van der Waals surface area (Å²) in [7, 11) is 0. The van der Waals surface area contributed by atoms with Gasteiger partial charge in [0.1, 0.15) is 4.71 Å². The van der Waals surface area contributed by atoms with Crippen LogP contribution in [0.2, 0.25) is 0 Å². The summed E-state index contributed by atoms with van der Waals surface area (Å²) in [6.07, 6.45) is 13.6. The van der Waals surface area contributed by atoms with Gasteiger partial charge in [0, 0.05) is 21.9 Å². The van der Waals surface area contributed by atoms with Crippen LogP contribution in [0.15, 0.2) is 28.0 Å². The third-order valence-corrected chi connectivity index (χ3v) is 8.19. The Morgan fingerprint density at radius 2 is 1.71 bits per heavy atom. The number of rotatable bonds is 4. The molecule has 132 valence electrons. The first-order valence-electron chi connectivity index (χ1n) is 9.51. The van der Waals surface area contributed by atoms with Gasteiger partial charge in [0.2, 0.25) is 0 Å². The van der Waals surface area contributed by atoms with Gasteiger partial charge in [0.15, 0.2) is 0 Å². The van der Waals surface area contributed by atoms with Crippen LogP contribution in [0.1, 0.15) is 64.2 Å². The largest absolute Gasteiger partial charge is 0.346 e. The molecule has 0 radical (unpaired) electrons. The molecule has 1 unspecified atom stereocenters. The summed E-state index contributed by atoms with van der Waals surface area (Å²) in [4.78, 5) is 5.43. The lowest BCUT2D eigenvalue weighted by atomic mass is 9.94. The molecular weight excluding hydrogens is 352 g/mol. The van der Waals surface area contributed by atoms with Gasteiger partial charge in [-0.15, -0.1) is 12.6 Å². The maximum Gasteiger partial charge on any atom is 0.124 e. The molecule has 4 rings (SSSR count). The molecule has 2 aliphatic carbocycles. The van der Waals surface area contributed by atoms with Crippen molar-refractivity contribution in [2.45, 2.75) is 90.8 Å². The molecule has 1 aliphatic heterocycles. The smallest absolute Gasteiger partial charge is 0.124 e. The molecule has 1 atom stereocenters. The number of fused-ring (bicyclic) bond motifs is 1.